The second-order valence-corrected chi connectivity index (χ2v) is 9.85. The third-order valence-corrected chi connectivity index (χ3v) is 8.00. The van der Waals surface area contributed by atoms with Crippen molar-refractivity contribution < 1.29 is 13.2 Å². The first-order valence-corrected chi connectivity index (χ1v) is 11.4. The summed E-state index contributed by atoms with van der Waals surface area (Å²) in [6.45, 7) is 1.51. The largest absolute Gasteiger partial charge is 0.341 e. The smallest absolute Gasteiger partial charge is 0.244 e. The summed E-state index contributed by atoms with van der Waals surface area (Å²) in [6.07, 6.45) is 2.27. The highest BCUT2D eigenvalue weighted by atomic mass is 35.5. The summed E-state index contributed by atoms with van der Waals surface area (Å²) in [7, 11) is -3.93. The number of carbonyl (C=O) groups is 1. The third kappa shape index (κ3) is 3.54. The zero-order valence-electron chi connectivity index (χ0n) is 15.1. The van der Waals surface area contributed by atoms with E-state index in [1.807, 2.05) is 24.3 Å². The Morgan fingerprint density at radius 1 is 0.964 bits per heavy atom. The number of nitrogens with zero attached hydrogens (tertiary/aromatic N) is 2. The Labute approximate surface area is 174 Å². The topological polar surface area (TPSA) is 57.7 Å². The van der Waals surface area contributed by atoms with Gasteiger partial charge in [-0.15, -0.1) is 0 Å². The second kappa shape index (κ2) is 7.67. The van der Waals surface area contributed by atoms with Gasteiger partial charge in [-0.05, 0) is 48.6 Å². The van der Waals surface area contributed by atoms with Gasteiger partial charge in [0.1, 0.15) is 6.04 Å². The van der Waals surface area contributed by atoms with Crippen molar-refractivity contribution in [3.8, 4) is 0 Å². The van der Waals surface area contributed by atoms with Gasteiger partial charge in [0.25, 0.3) is 0 Å². The fourth-order valence-electron chi connectivity index (χ4n) is 3.88. The van der Waals surface area contributed by atoms with E-state index in [1.54, 1.807) is 4.90 Å². The molecule has 2 aromatic rings. The average Bonchev–Trinajstić information content (AvgIpc) is 3.23. The highest BCUT2D eigenvalue weighted by Gasteiger charge is 2.41. The summed E-state index contributed by atoms with van der Waals surface area (Å²) in [4.78, 5) is 15.0. The predicted molar refractivity (Wildman–Crippen MR) is 109 cm³/mol. The highest BCUT2D eigenvalue weighted by Crippen LogP contribution is 2.32. The lowest BCUT2D eigenvalue weighted by Crippen LogP contribution is -2.53. The van der Waals surface area contributed by atoms with Crippen molar-refractivity contribution in [1.82, 2.24) is 9.21 Å². The molecule has 2 aliphatic heterocycles. The van der Waals surface area contributed by atoms with Crippen LogP contribution < -0.4 is 0 Å². The molecule has 2 aromatic carbocycles. The summed E-state index contributed by atoms with van der Waals surface area (Å²) < 4.78 is 28.2. The van der Waals surface area contributed by atoms with Crippen LogP contribution in [-0.4, -0.2) is 42.7 Å². The maximum atomic E-state index is 13.4. The van der Waals surface area contributed by atoms with Crippen LogP contribution in [0.2, 0.25) is 10.0 Å². The number of halogens is 2. The van der Waals surface area contributed by atoms with Crippen molar-refractivity contribution >= 4 is 39.1 Å². The van der Waals surface area contributed by atoms with Crippen molar-refractivity contribution in [2.24, 2.45) is 0 Å². The van der Waals surface area contributed by atoms with Gasteiger partial charge in [0.05, 0.1) is 14.9 Å². The van der Waals surface area contributed by atoms with Crippen LogP contribution >= 0.6 is 23.2 Å². The molecular weight excluding hydrogens is 419 g/mol. The molecule has 1 saturated heterocycles. The normalized spacial score (nSPS) is 20.2. The van der Waals surface area contributed by atoms with Gasteiger partial charge >= 0.3 is 0 Å². The van der Waals surface area contributed by atoms with Gasteiger partial charge in [0.15, 0.2) is 0 Å². The van der Waals surface area contributed by atoms with Crippen LogP contribution in [0, 0.1) is 0 Å². The van der Waals surface area contributed by atoms with Gasteiger partial charge in [-0.1, -0.05) is 47.5 Å². The van der Waals surface area contributed by atoms with E-state index in [9.17, 15) is 13.2 Å². The molecular formula is C20H20Cl2N2O3S. The van der Waals surface area contributed by atoms with Gasteiger partial charge in [0, 0.05) is 19.6 Å². The molecule has 1 amide bonds. The minimum Gasteiger partial charge on any atom is -0.341 e. The van der Waals surface area contributed by atoms with Crippen LogP contribution in [0.4, 0.5) is 0 Å². The van der Waals surface area contributed by atoms with Crippen LogP contribution in [0.25, 0.3) is 0 Å². The van der Waals surface area contributed by atoms with Crippen LogP contribution in [-0.2, 0) is 27.8 Å². The molecule has 0 spiro atoms. The Morgan fingerprint density at radius 3 is 2.32 bits per heavy atom. The molecule has 148 valence electrons. The van der Waals surface area contributed by atoms with E-state index in [1.165, 1.54) is 22.5 Å². The predicted octanol–water partition coefficient (Wildman–Crippen LogP) is 3.73. The Bertz CT molecular complexity index is 1020. The Balaban J connectivity index is 1.76. The Morgan fingerprint density at radius 2 is 1.64 bits per heavy atom. The first-order valence-electron chi connectivity index (χ1n) is 9.20. The number of amides is 1. The van der Waals surface area contributed by atoms with Gasteiger partial charge in [-0.3, -0.25) is 4.79 Å². The molecule has 0 N–H and O–H groups in total. The minimum atomic E-state index is -3.93. The number of fused-ring (bicyclic) bond motifs is 1. The molecule has 0 unspecified atom stereocenters. The Kier molecular flexibility index (Phi) is 5.40. The lowest BCUT2D eigenvalue weighted by molar-refractivity contribution is -0.134. The molecule has 5 nitrogen and oxygen atoms in total. The lowest BCUT2D eigenvalue weighted by Gasteiger charge is -2.36. The molecule has 0 aromatic heterocycles. The van der Waals surface area contributed by atoms with E-state index in [2.05, 4.69) is 0 Å². The average molecular weight is 439 g/mol. The van der Waals surface area contributed by atoms with Crippen molar-refractivity contribution in [3.05, 3.63) is 63.6 Å². The van der Waals surface area contributed by atoms with Crippen molar-refractivity contribution in [2.75, 3.05) is 13.1 Å². The van der Waals surface area contributed by atoms with Crippen molar-refractivity contribution in [2.45, 2.75) is 36.7 Å². The number of likely N-dealkylation sites (tertiary alicyclic amines) is 1. The van der Waals surface area contributed by atoms with E-state index >= 15 is 0 Å². The lowest BCUT2D eigenvalue weighted by atomic mass is 9.95. The molecule has 0 bridgehead atoms. The molecule has 8 heteroatoms. The molecule has 28 heavy (non-hydrogen) atoms. The molecule has 1 fully saturated rings. The standard InChI is InChI=1S/C20H20Cl2N2O3S/c21-17-8-7-16(12-18(17)22)28(26,27)24-13-15-6-2-1-5-14(15)11-19(24)20(25)23-9-3-4-10-23/h1-2,5-8,12,19H,3-4,9-11,13H2/t19-/m0/s1. The summed E-state index contributed by atoms with van der Waals surface area (Å²) >= 11 is 12.0. The summed E-state index contributed by atoms with van der Waals surface area (Å²) in [5.41, 5.74) is 1.93. The molecule has 0 aliphatic carbocycles. The fourth-order valence-corrected chi connectivity index (χ4v) is 5.83. The number of hydrogen-bond acceptors (Lipinski definition) is 3. The molecule has 1 atom stereocenters. The van der Waals surface area contributed by atoms with E-state index in [0.29, 0.717) is 19.5 Å². The third-order valence-electron chi connectivity index (χ3n) is 5.41. The zero-order chi connectivity index (χ0) is 19.9. The first kappa shape index (κ1) is 19.7. The number of rotatable bonds is 3. The summed E-state index contributed by atoms with van der Waals surface area (Å²) in [6, 6.07) is 11.1. The van der Waals surface area contributed by atoms with Crippen LogP contribution in [0.5, 0.6) is 0 Å². The fraction of sp³-hybridized carbons (Fsp3) is 0.350. The summed E-state index contributed by atoms with van der Waals surface area (Å²) in [5, 5.41) is 0.455. The van der Waals surface area contributed by atoms with E-state index in [4.69, 9.17) is 23.2 Å². The van der Waals surface area contributed by atoms with Crippen LogP contribution in [0.15, 0.2) is 47.4 Å². The second-order valence-electron chi connectivity index (χ2n) is 7.15. The molecule has 0 radical (unpaired) electrons. The van der Waals surface area contributed by atoms with E-state index in [0.717, 1.165) is 24.0 Å². The minimum absolute atomic E-state index is 0.0421. The van der Waals surface area contributed by atoms with Crippen molar-refractivity contribution in [3.63, 3.8) is 0 Å². The van der Waals surface area contributed by atoms with Gasteiger partial charge < -0.3 is 4.90 Å². The molecule has 2 heterocycles. The quantitative estimate of drug-likeness (QED) is 0.733. The van der Waals surface area contributed by atoms with Gasteiger partial charge in [-0.2, -0.15) is 4.31 Å². The van der Waals surface area contributed by atoms with Gasteiger partial charge in [-0.25, -0.2) is 8.42 Å². The maximum absolute atomic E-state index is 13.4. The van der Waals surface area contributed by atoms with Crippen LogP contribution in [0.1, 0.15) is 24.0 Å². The molecule has 4 rings (SSSR count). The van der Waals surface area contributed by atoms with E-state index in [-0.39, 0.29) is 27.4 Å². The highest BCUT2D eigenvalue weighted by molar-refractivity contribution is 7.89. The molecule has 0 saturated carbocycles. The van der Waals surface area contributed by atoms with E-state index < -0.39 is 16.1 Å². The summed E-state index contributed by atoms with van der Waals surface area (Å²) in [5.74, 6) is -0.129. The van der Waals surface area contributed by atoms with Gasteiger partial charge in [0.2, 0.25) is 15.9 Å². The SMILES string of the molecule is O=C([C@@H]1Cc2ccccc2CN1S(=O)(=O)c1ccc(Cl)c(Cl)c1)N1CCCC1. The van der Waals surface area contributed by atoms with Crippen molar-refractivity contribution in [1.29, 1.82) is 0 Å². The monoisotopic (exact) mass is 438 g/mol. The first-order chi connectivity index (χ1) is 13.4. The Hall–Kier alpha value is -1.60. The number of benzene rings is 2. The molecule has 2 aliphatic rings. The number of sulfonamides is 1. The number of hydrogen-bond donors (Lipinski definition) is 0. The maximum Gasteiger partial charge on any atom is 0.244 e. The number of carbonyl (C=O) groups excluding carboxylic acids is 1. The van der Waals surface area contributed by atoms with Crippen LogP contribution in [0.3, 0.4) is 0 Å². The zero-order valence-corrected chi connectivity index (χ0v) is 17.5.